The summed E-state index contributed by atoms with van der Waals surface area (Å²) >= 11 is 15.8. The molecule has 0 saturated heterocycles. The fourth-order valence-electron chi connectivity index (χ4n) is 2.18. The van der Waals surface area contributed by atoms with Gasteiger partial charge in [0.15, 0.2) is 0 Å². The largest absolute Gasteiger partial charge is 0.126 e. The zero-order chi connectivity index (χ0) is 11.8. The second-order valence-electron chi connectivity index (χ2n) is 4.97. The quantitative estimate of drug-likeness (QED) is 0.660. The molecule has 1 aromatic rings. The van der Waals surface area contributed by atoms with Crippen LogP contribution in [0.1, 0.15) is 25.3 Å². The summed E-state index contributed by atoms with van der Waals surface area (Å²) < 4.78 is 1.03. The molecule has 1 aromatic carbocycles. The van der Waals surface area contributed by atoms with Gasteiger partial charge >= 0.3 is 0 Å². The Bertz CT molecular complexity index is 388. The molecule has 1 aliphatic carbocycles. The Morgan fingerprint density at radius 3 is 2.62 bits per heavy atom. The summed E-state index contributed by atoms with van der Waals surface area (Å²) in [5, 5.41) is 0.839. The molecule has 0 heterocycles. The third kappa shape index (κ3) is 2.75. The monoisotopic (exact) mass is 320 g/mol. The predicted octanol–water partition coefficient (Wildman–Crippen LogP) is 5.30. The van der Waals surface area contributed by atoms with Gasteiger partial charge in [0.2, 0.25) is 0 Å². The van der Waals surface area contributed by atoms with Gasteiger partial charge < -0.3 is 0 Å². The molecule has 0 radical (unpaired) electrons. The highest BCUT2D eigenvalue weighted by atomic mass is 79.9. The minimum absolute atomic E-state index is 0.207. The van der Waals surface area contributed by atoms with Gasteiger partial charge in [-0.05, 0) is 48.3 Å². The molecule has 16 heavy (non-hydrogen) atoms. The minimum Gasteiger partial charge on any atom is -0.126 e. The van der Waals surface area contributed by atoms with Crippen molar-refractivity contribution in [3.63, 3.8) is 0 Å². The number of alkyl halides is 1. The lowest BCUT2D eigenvalue weighted by Crippen LogP contribution is -2.24. The smallest absolute Gasteiger partial charge is 0.0449 e. The summed E-state index contributed by atoms with van der Waals surface area (Å²) in [4.78, 5) is 0. The molecule has 0 aliphatic heterocycles. The molecule has 0 N–H and O–H groups in total. The van der Waals surface area contributed by atoms with Gasteiger partial charge in [0.25, 0.3) is 0 Å². The Kier molecular flexibility index (Phi) is 3.88. The van der Waals surface area contributed by atoms with Gasteiger partial charge in [0, 0.05) is 15.4 Å². The lowest BCUT2D eigenvalue weighted by atomic mass is 9.81. The van der Waals surface area contributed by atoms with Crippen LogP contribution >= 0.6 is 39.1 Å². The average molecular weight is 322 g/mol. The minimum atomic E-state index is 0.207. The molecule has 0 spiro atoms. The van der Waals surface area contributed by atoms with E-state index in [0.29, 0.717) is 5.88 Å². The van der Waals surface area contributed by atoms with Crippen LogP contribution in [0.2, 0.25) is 5.02 Å². The van der Waals surface area contributed by atoms with Crippen LogP contribution in [0.3, 0.4) is 0 Å². The summed E-state index contributed by atoms with van der Waals surface area (Å²) in [5.41, 5.74) is 1.42. The van der Waals surface area contributed by atoms with Crippen LogP contribution in [0.4, 0.5) is 0 Å². The van der Waals surface area contributed by atoms with Gasteiger partial charge in [-0.25, -0.2) is 0 Å². The van der Waals surface area contributed by atoms with Crippen LogP contribution in [0, 0.1) is 11.3 Å². The van der Waals surface area contributed by atoms with Crippen molar-refractivity contribution in [1.29, 1.82) is 0 Å². The number of hydrogen-bond donors (Lipinski definition) is 0. The van der Waals surface area contributed by atoms with E-state index in [1.165, 1.54) is 18.4 Å². The number of halogens is 3. The zero-order valence-corrected chi connectivity index (χ0v) is 12.4. The lowest BCUT2D eigenvalue weighted by molar-refractivity contribution is 0.313. The van der Waals surface area contributed by atoms with Crippen molar-refractivity contribution in [3.05, 3.63) is 33.3 Å². The van der Waals surface area contributed by atoms with Crippen LogP contribution in [-0.2, 0) is 6.42 Å². The molecule has 0 amide bonds. The number of rotatable bonds is 4. The topological polar surface area (TPSA) is 0 Å². The van der Waals surface area contributed by atoms with E-state index in [1.54, 1.807) is 0 Å². The summed E-state index contributed by atoms with van der Waals surface area (Å²) in [6.07, 6.45) is 3.61. The maximum Gasteiger partial charge on any atom is 0.0449 e. The molecule has 0 aromatic heterocycles. The molecule has 2 rings (SSSR count). The summed E-state index contributed by atoms with van der Waals surface area (Å²) in [5.74, 6) is 1.49. The van der Waals surface area contributed by atoms with E-state index >= 15 is 0 Å². The lowest BCUT2D eigenvalue weighted by Gasteiger charge is -2.27. The summed E-state index contributed by atoms with van der Waals surface area (Å²) in [7, 11) is 0. The van der Waals surface area contributed by atoms with Gasteiger partial charge in [0.1, 0.15) is 0 Å². The van der Waals surface area contributed by atoms with E-state index in [9.17, 15) is 0 Å². The third-order valence-corrected chi connectivity index (χ3v) is 4.93. The summed E-state index contributed by atoms with van der Waals surface area (Å²) in [6.45, 7) is 2.27. The Morgan fingerprint density at radius 2 is 2.12 bits per heavy atom. The highest BCUT2D eigenvalue weighted by Gasteiger charge is 2.40. The fourth-order valence-corrected chi connectivity index (χ4v) is 3.23. The molecular weight excluding hydrogens is 307 g/mol. The van der Waals surface area contributed by atoms with Gasteiger partial charge in [-0.15, -0.1) is 11.6 Å². The SMILES string of the molecule is CC(CCl)(Cc1ccc(Br)cc1Cl)C1CC1. The van der Waals surface area contributed by atoms with Crippen LogP contribution in [0.15, 0.2) is 22.7 Å². The predicted molar refractivity (Wildman–Crippen MR) is 74.4 cm³/mol. The second kappa shape index (κ2) is 4.88. The molecule has 1 saturated carbocycles. The molecule has 1 fully saturated rings. The van der Waals surface area contributed by atoms with Crippen molar-refractivity contribution >= 4 is 39.1 Å². The van der Waals surface area contributed by atoms with Crippen LogP contribution in [-0.4, -0.2) is 5.88 Å². The van der Waals surface area contributed by atoms with Crippen LogP contribution in [0.25, 0.3) is 0 Å². The van der Waals surface area contributed by atoms with Crippen molar-refractivity contribution in [1.82, 2.24) is 0 Å². The first kappa shape index (κ1) is 12.7. The molecule has 1 atom stereocenters. The van der Waals surface area contributed by atoms with Gasteiger partial charge in [0.05, 0.1) is 0 Å². The van der Waals surface area contributed by atoms with Gasteiger partial charge in [-0.3, -0.25) is 0 Å². The van der Waals surface area contributed by atoms with Gasteiger partial charge in [-0.1, -0.05) is 40.5 Å². The van der Waals surface area contributed by atoms with E-state index in [0.717, 1.165) is 21.8 Å². The molecule has 1 aliphatic rings. The Hall–Kier alpha value is 0.280. The standard InChI is InChI=1S/C13H15BrCl2/c1-13(8-15,10-3-4-10)7-9-2-5-11(14)6-12(9)16/h2,5-6,10H,3-4,7-8H2,1H3. The van der Waals surface area contributed by atoms with Crippen LogP contribution in [0.5, 0.6) is 0 Å². The van der Waals surface area contributed by atoms with Crippen molar-refractivity contribution < 1.29 is 0 Å². The molecule has 0 bridgehead atoms. The fraction of sp³-hybridized carbons (Fsp3) is 0.538. The van der Waals surface area contributed by atoms with Crippen molar-refractivity contribution in [3.8, 4) is 0 Å². The van der Waals surface area contributed by atoms with Crippen molar-refractivity contribution in [2.45, 2.75) is 26.2 Å². The Morgan fingerprint density at radius 1 is 1.44 bits per heavy atom. The summed E-state index contributed by atoms with van der Waals surface area (Å²) in [6, 6.07) is 6.10. The highest BCUT2D eigenvalue weighted by Crippen LogP contribution is 2.48. The molecular formula is C13H15BrCl2. The molecule has 88 valence electrons. The number of hydrogen-bond acceptors (Lipinski definition) is 0. The Labute approximate surface area is 115 Å². The third-order valence-electron chi connectivity index (χ3n) is 3.48. The maximum absolute atomic E-state index is 6.24. The first-order valence-corrected chi connectivity index (χ1v) is 7.25. The van der Waals surface area contributed by atoms with E-state index in [-0.39, 0.29) is 5.41 Å². The van der Waals surface area contributed by atoms with Crippen molar-refractivity contribution in [2.24, 2.45) is 11.3 Å². The average Bonchev–Trinajstić information content (AvgIpc) is 3.06. The normalized spacial score (nSPS) is 19.5. The zero-order valence-electron chi connectivity index (χ0n) is 9.27. The van der Waals surface area contributed by atoms with Crippen molar-refractivity contribution in [2.75, 3.05) is 5.88 Å². The highest BCUT2D eigenvalue weighted by molar-refractivity contribution is 9.10. The van der Waals surface area contributed by atoms with E-state index in [2.05, 4.69) is 28.9 Å². The van der Waals surface area contributed by atoms with Crippen LogP contribution < -0.4 is 0 Å². The molecule has 1 unspecified atom stereocenters. The Balaban J connectivity index is 2.18. The maximum atomic E-state index is 6.24. The van der Waals surface area contributed by atoms with E-state index in [1.807, 2.05) is 12.1 Å². The number of benzene rings is 1. The first-order chi connectivity index (χ1) is 7.55. The second-order valence-corrected chi connectivity index (χ2v) is 6.56. The molecule has 3 heteroatoms. The van der Waals surface area contributed by atoms with E-state index in [4.69, 9.17) is 23.2 Å². The van der Waals surface area contributed by atoms with E-state index < -0.39 is 0 Å². The molecule has 0 nitrogen and oxygen atoms in total. The first-order valence-electron chi connectivity index (χ1n) is 5.55. The van der Waals surface area contributed by atoms with Gasteiger partial charge in [-0.2, -0.15) is 0 Å².